The van der Waals surface area contributed by atoms with Crippen LogP contribution in [0, 0.1) is 10.1 Å². The Labute approximate surface area is 79.3 Å². The van der Waals surface area contributed by atoms with Gasteiger partial charge in [0.05, 0.1) is 17.4 Å². The molecule has 0 saturated heterocycles. The molecule has 1 rings (SSSR count). The van der Waals surface area contributed by atoms with E-state index in [-0.39, 0.29) is 12.2 Å². The molecular formula is C8H7N2O4-. The van der Waals surface area contributed by atoms with E-state index in [9.17, 15) is 20.0 Å². The molecule has 0 radical (unpaired) electrons. The third-order valence-electron chi connectivity index (χ3n) is 1.49. The molecule has 0 unspecified atom stereocenters. The highest BCUT2D eigenvalue weighted by molar-refractivity contribution is 5.71. The maximum Gasteiger partial charge on any atom is 0.271 e. The van der Waals surface area contributed by atoms with Crippen molar-refractivity contribution < 1.29 is 14.8 Å². The van der Waals surface area contributed by atoms with Crippen LogP contribution in [0.15, 0.2) is 24.3 Å². The Hall–Kier alpha value is -2.11. The van der Waals surface area contributed by atoms with Crippen molar-refractivity contribution in [3.63, 3.8) is 0 Å². The van der Waals surface area contributed by atoms with Crippen LogP contribution in [0.3, 0.4) is 0 Å². The van der Waals surface area contributed by atoms with Gasteiger partial charge in [0.25, 0.3) is 5.69 Å². The Morgan fingerprint density at radius 1 is 1.50 bits per heavy atom. The summed E-state index contributed by atoms with van der Waals surface area (Å²) in [7, 11) is 0. The molecule has 1 aromatic carbocycles. The molecule has 0 atom stereocenters. The maximum atomic E-state index is 10.3. The second-order valence-corrected chi connectivity index (χ2v) is 2.53. The van der Waals surface area contributed by atoms with Crippen LogP contribution >= 0.6 is 0 Å². The number of nitrogens with one attached hydrogen (secondary N) is 1. The molecule has 1 aromatic rings. The summed E-state index contributed by atoms with van der Waals surface area (Å²) in [5.74, 6) is -1.27. The number of nitro groups is 1. The largest absolute Gasteiger partial charge is 0.548 e. The Morgan fingerprint density at radius 3 is 2.79 bits per heavy atom. The molecule has 0 saturated carbocycles. The molecule has 14 heavy (non-hydrogen) atoms. The van der Waals surface area contributed by atoms with E-state index < -0.39 is 10.9 Å². The van der Waals surface area contributed by atoms with E-state index in [1.165, 1.54) is 24.3 Å². The van der Waals surface area contributed by atoms with E-state index in [1.54, 1.807) is 0 Å². The molecule has 0 aliphatic rings. The smallest absolute Gasteiger partial charge is 0.271 e. The SMILES string of the molecule is O=C([O-])CNc1cccc([N+](=O)[O-])c1. The zero-order valence-electron chi connectivity index (χ0n) is 7.10. The first kappa shape index (κ1) is 9.97. The van der Waals surface area contributed by atoms with Gasteiger partial charge in [0, 0.05) is 17.8 Å². The number of carbonyl (C=O) groups is 1. The molecule has 1 N–H and O–H groups in total. The van der Waals surface area contributed by atoms with Gasteiger partial charge in [0.1, 0.15) is 0 Å². The summed E-state index contributed by atoms with van der Waals surface area (Å²) >= 11 is 0. The summed E-state index contributed by atoms with van der Waals surface area (Å²) in [6, 6.07) is 5.58. The number of nitrogens with zero attached hydrogens (tertiary/aromatic N) is 1. The molecule has 0 heterocycles. The number of hydrogen-bond donors (Lipinski definition) is 1. The van der Waals surface area contributed by atoms with E-state index in [1.807, 2.05) is 0 Å². The summed E-state index contributed by atoms with van der Waals surface area (Å²) in [5, 5.41) is 22.9. The lowest BCUT2D eigenvalue weighted by Crippen LogP contribution is -2.30. The van der Waals surface area contributed by atoms with Gasteiger partial charge in [-0.3, -0.25) is 10.1 Å². The fourth-order valence-corrected chi connectivity index (χ4v) is 0.904. The first-order valence-corrected chi connectivity index (χ1v) is 3.78. The molecule has 74 valence electrons. The molecule has 6 nitrogen and oxygen atoms in total. The molecule has 0 amide bonds. The molecule has 0 aliphatic heterocycles. The van der Waals surface area contributed by atoms with Crippen LogP contribution in [-0.4, -0.2) is 17.4 Å². The minimum absolute atomic E-state index is 0.0895. The fraction of sp³-hybridized carbons (Fsp3) is 0.125. The second-order valence-electron chi connectivity index (χ2n) is 2.53. The summed E-state index contributed by atoms with van der Waals surface area (Å²) in [6.45, 7) is -0.374. The number of benzene rings is 1. The molecule has 0 spiro atoms. The summed E-state index contributed by atoms with van der Waals surface area (Å²) in [5.41, 5.74) is 0.289. The van der Waals surface area contributed by atoms with Crippen LogP contribution in [-0.2, 0) is 4.79 Å². The van der Waals surface area contributed by atoms with Crippen molar-refractivity contribution in [2.75, 3.05) is 11.9 Å². The topological polar surface area (TPSA) is 95.3 Å². The van der Waals surface area contributed by atoms with Gasteiger partial charge < -0.3 is 15.2 Å². The van der Waals surface area contributed by atoms with Gasteiger partial charge in [0.2, 0.25) is 0 Å². The average molecular weight is 195 g/mol. The van der Waals surface area contributed by atoms with Gasteiger partial charge in [0.15, 0.2) is 0 Å². The number of aliphatic carboxylic acids is 1. The van der Waals surface area contributed by atoms with Crippen molar-refractivity contribution in [1.82, 2.24) is 0 Å². The summed E-state index contributed by atoms with van der Waals surface area (Å²) < 4.78 is 0. The molecule has 6 heteroatoms. The van der Waals surface area contributed by atoms with Gasteiger partial charge in [-0.15, -0.1) is 0 Å². The minimum Gasteiger partial charge on any atom is -0.548 e. The van der Waals surface area contributed by atoms with Crippen molar-refractivity contribution in [2.45, 2.75) is 0 Å². The van der Waals surface area contributed by atoms with Crippen molar-refractivity contribution >= 4 is 17.3 Å². The molecule has 0 bridgehead atoms. The number of non-ortho nitro benzene ring substituents is 1. The van der Waals surface area contributed by atoms with E-state index in [4.69, 9.17) is 0 Å². The van der Waals surface area contributed by atoms with Crippen LogP contribution in [0.4, 0.5) is 11.4 Å². The van der Waals surface area contributed by atoms with Gasteiger partial charge in [-0.05, 0) is 6.07 Å². The first-order chi connectivity index (χ1) is 6.59. The van der Waals surface area contributed by atoms with E-state index in [0.717, 1.165) is 0 Å². The van der Waals surface area contributed by atoms with Crippen molar-refractivity contribution in [2.24, 2.45) is 0 Å². The van der Waals surface area contributed by atoms with Crippen LogP contribution in [0.5, 0.6) is 0 Å². The van der Waals surface area contributed by atoms with Gasteiger partial charge in [-0.25, -0.2) is 0 Å². The number of rotatable bonds is 4. The minimum atomic E-state index is -1.27. The number of carboxylic acid groups (broad SMARTS) is 1. The monoisotopic (exact) mass is 195 g/mol. The Kier molecular flexibility index (Phi) is 3.01. The highest BCUT2D eigenvalue weighted by atomic mass is 16.6. The van der Waals surface area contributed by atoms with Crippen LogP contribution < -0.4 is 10.4 Å². The first-order valence-electron chi connectivity index (χ1n) is 3.78. The lowest BCUT2D eigenvalue weighted by molar-refractivity contribution is -0.384. The Bertz CT molecular complexity index is 364. The summed E-state index contributed by atoms with van der Waals surface area (Å²) in [4.78, 5) is 19.9. The number of nitro benzene ring substituents is 1. The normalized spacial score (nSPS) is 9.43. The van der Waals surface area contributed by atoms with Gasteiger partial charge >= 0.3 is 0 Å². The average Bonchev–Trinajstić information content (AvgIpc) is 2.15. The number of hydrogen-bond acceptors (Lipinski definition) is 5. The lowest BCUT2D eigenvalue weighted by Gasteiger charge is -2.05. The number of carboxylic acids is 1. The van der Waals surface area contributed by atoms with Crippen molar-refractivity contribution in [3.05, 3.63) is 34.4 Å². The Morgan fingerprint density at radius 2 is 2.21 bits per heavy atom. The summed E-state index contributed by atoms with van der Waals surface area (Å²) in [6.07, 6.45) is 0. The highest BCUT2D eigenvalue weighted by Crippen LogP contribution is 2.16. The lowest BCUT2D eigenvalue weighted by atomic mass is 10.3. The van der Waals surface area contributed by atoms with Crippen LogP contribution in [0.1, 0.15) is 0 Å². The standard InChI is InChI=1S/C8H8N2O4/c11-8(12)5-9-6-2-1-3-7(4-6)10(13)14/h1-4,9H,5H2,(H,11,12)/p-1. The van der Waals surface area contributed by atoms with Gasteiger partial charge in [-0.1, -0.05) is 6.07 Å². The number of carbonyl (C=O) groups excluding carboxylic acids is 1. The van der Waals surface area contributed by atoms with Crippen molar-refractivity contribution in [3.8, 4) is 0 Å². The van der Waals surface area contributed by atoms with E-state index >= 15 is 0 Å². The fourth-order valence-electron chi connectivity index (χ4n) is 0.904. The quantitative estimate of drug-likeness (QED) is 0.528. The molecular weight excluding hydrogens is 188 g/mol. The predicted molar refractivity (Wildman–Crippen MR) is 46.6 cm³/mol. The highest BCUT2D eigenvalue weighted by Gasteiger charge is 2.04. The van der Waals surface area contributed by atoms with Gasteiger partial charge in [-0.2, -0.15) is 0 Å². The second kappa shape index (κ2) is 4.22. The maximum absolute atomic E-state index is 10.3. The third-order valence-corrected chi connectivity index (χ3v) is 1.49. The zero-order valence-corrected chi connectivity index (χ0v) is 7.10. The molecule has 0 aliphatic carbocycles. The van der Waals surface area contributed by atoms with Crippen LogP contribution in [0.2, 0.25) is 0 Å². The van der Waals surface area contributed by atoms with E-state index in [2.05, 4.69) is 5.32 Å². The Balaban J connectivity index is 2.73. The van der Waals surface area contributed by atoms with Crippen LogP contribution in [0.25, 0.3) is 0 Å². The van der Waals surface area contributed by atoms with E-state index in [0.29, 0.717) is 5.69 Å². The van der Waals surface area contributed by atoms with Crippen molar-refractivity contribution in [1.29, 1.82) is 0 Å². The predicted octanol–water partition coefficient (Wildman–Crippen LogP) is -0.243. The molecule has 0 fully saturated rings. The molecule has 0 aromatic heterocycles. The number of anilines is 1. The third kappa shape index (κ3) is 2.74. The zero-order chi connectivity index (χ0) is 10.6.